The first-order valence-corrected chi connectivity index (χ1v) is 30.1. The third-order valence-electron chi connectivity index (χ3n) is 14.0. The second-order valence-corrected chi connectivity index (χ2v) is 24.9. The average Bonchev–Trinajstić information content (AvgIpc) is 0.763. The maximum Gasteiger partial charge on any atom is 0.413 e. The molecule has 0 saturated heterocycles. The molecular formula is C56H40Al2F30N2. The van der Waals surface area contributed by atoms with E-state index in [1.165, 1.54) is 109 Å². The highest BCUT2D eigenvalue weighted by molar-refractivity contribution is 6.96. The Bertz CT molecular complexity index is 2960. The zero-order chi connectivity index (χ0) is 67.7. The zero-order valence-electron chi connectivity index (χ0n) is 45.7. The standard InChI is InChI=1S/C20H40N2.6C6F5.2Al/c1-2-3-4-5-6-7-8-9-10-11-12-13-14-15-16-17-20-21-18-19-22-20;6*7-2-1-3(8)5(10)6(11)4(2)9;;/h2-19H2,1H3,(H,21,22);;;;;;;;. The van der Waals surface area contributed by atoms with E-state index < -0.39 is 229 Å². The van der Waals surface area contributed by atoms with Gasteiger partial charge in [-0.15, -0.1) is 0 Å². The van der Waals surface area contributed by atoms with Crippen molar-refractivity contribution in [2.24, 2.45) is 4.99 Å². The lowest BCUT2D eigenvalue weighted by Crippen LogP contribution is -2.60. The van der Waals surface area contributed by atoms with Gasteiger partial charge in [0.2, 0.25) is 0 Å². The molecule has 0 aromatic heterocycles. The fourth-order valence-electron chi connectivity index (χ4n) is 9.40. The highest BCUT2D eigenvalue weighted by atomic mass is 27.2. The molecule has 1 heterocycles. The molecule has 0 bridgehead atoms. The Hall–Kier alpha value is -6.25. The first kappa shape index (κ1) is 74.5. The highest BCUT2D eigenvalue weighted by Crippen LogP contribution is 2.27. The molecule has 0 fully saturated rings. The van der Waals surface area contributed by atoms with E-state index in [9.17, 15) is 132 Å². The van der Waals surface area contributed by atoms with Crippen LogP contribution in [0.25, 0.3) is 0 Å². The molecule has 0 spiro atoms. The summed E-state index contributed by atoms with van der Waals surface area (Å²) in [6, 6.07) is 0. The summed E-state index contributed by atoms with van der Waals surface area (Å²) in [5.74, 6) is -87.9. The van der Waals surface area contributed by atoms with Gasteiger partial charge in [-0.05, 0) is 33.0 Å². The van der Waals surface area contributed by atoms with Crippen LogP contribution in [-0.2, 0) is 0 Å². The molecule has 1 N–H and O–H groups in total. The normalized spacial score (nSPS) is 12.1. The van der Waals surface area contributed by atoms with Crippen LogP contribution in [0, 0.1) is 175 Å². The lowest BCUT2D eigenvalue weighted by atomic mass is 10.0. The van der Waals surface area contributed by atoms with Gasteiger partial charge in [-0.25, -0.2) is 132 Å². The minimum absolute atomic E-state index is 0.994. The molecular weight excluding hydrogens is 1320 g/mol. The number of nitrogens with zero attached hydrogens (tertiary/aromatic N) is 1. The summed E-state index contributed by atoms with van der Waals surface area (Å²) in [6.45, 7) is 4.35. The lowest BCUT2D eigenvalue weighted by molar-refractivity contribution is 0.380. The number of benzene rings is 6. The third-order valence-corrected chi connectivity index (χ3v) is 20.5. The summed E-state index contributed by atoms with van der Waals surface area (Å²) in [4.78, 5) is 4.44. The van der Waals surface area contributed by atoms with Gasteiger partial charge in [0.1, 0.15) is 0 Å². The van der Waals surface area contributed by atoms with E-state index >= 15 is 0 Å². The van der Waals surface area contributed by atoms with Crippen molar-refractivity contribution in [3.05, 3.63) is 175 Å². The maximum absolute atomic E-state index is 14.4. The molecule has 0 atom stereocenters. The number of halogens is 30. The molecule has 34 heteroatoms. The maximum atomic E-state index is 14.4. The SMILES string of the molecule is CCCCCCCCCCCCCCCCCC1=NCCN1.Fc1c(F)c(F)[c]([Al]([c]2c(F)c(F)c(F)c(F)c2F)[c]2c(F)c(F)c(F)c(F)c2F)c(F)c1F.Fc1c(F)c(F)[c]([Al]([c]2c(F)c(F)c(F)c(F)c2F)[c]2c(F)c(F)c(F)c(F)c2F)c(F)c1F. The van der Waals surface area contributed by atoms with Gasteiger partial charge in [0.25, 0.3) is 0 Å². The quantitative estimate of drug-likeness (QED) is 0.0237. The summed E-state index contributed by atoms with van der Waals surface area (Å²) < 4.78 is 403. The molecule has 0 saturated carbocycles. The van der Waals surface area contributed by atoms with E-state index in [0.717, 1.165) is 13.1 Å². The molecule has 2 nitrogen and oxygen atoms in total. The van der Waals surface area contributed by atoms with E-state index in [4.69, 9.17) is 0 Å². The van der Waals surface area contributed by atoms with Gasteiger partial charge in [0.05, 0.1) is 12.4 Å². The van der Waals surface area contributed by atoms with Gasteiger partial charge in [0.15, 0.2) is 175 Å². The fraction of sp³-hybridized carbons (Fsp3) is 0.339. The molecule has 6 aromatic carbocycles. The van der Waals surface area contributed by atoms with Gasteiger partial charge in [-0.3, -0.25) is 4.99 Å². The minimum Gasteiger partial charge on any atom is -0.372 e. The Morgan fingerprint density at radius 2 is 0.389 bits per heavy atom. The molecule has 1 aliphatic rings. The summed E-state index contributed by atoms with van der Waals surface area (Å²) >= 11 is -11.9. The predicted molar refractivity (Wildman–Crippen MR) is 267 cm³/mol. The van der Waals surface area contributed by atoms with Gasteiger partial charge in [-0.1, -0.05) is 96.8 Å². The minimum atomic E-state index is -5.96. The number of hydrogen-bond donors (Lipinski definition) is 1. The number of amidine groups is 1. The van der Waals surface area contributed by atoms with Crippen molar-refractivity contribution >= 4 is 60.7 Å². The molecule has 490 valence electrons. The number of rotatable bonds is 22. The summed E-state index contributed by atoms with van der Waals surface area (Å²) in [7, 11) is 0. The van der Waals surface area contributed by atoms with Crippen molar-refractivity contribution in [2.75, 3.05) is 13.1 Å². The van der Waals surface area contributed by atoms with Crippen LogP contribution in [0.4, 0.5) is 132 Å². The number of unbranched alkanes of at least 4 members (excludes halogenated alkanes) is 14. The van der Waals surface area contributed by atoms with Gasteiger partial charge in [0, 0.05) is 13.0 Å². The Balaban J connectivity index is 0.000000252. The zero-order valence-corrected chi connectivity index (χ0v) is 48.0. The second kappa shape index (κ2) is 32.4. The number of nitrogens with one attached hydrogen (secondary N) is 1. The van der Waals surface area contributed by atoms with Crippen molar-refractivity contribution < 1.29 is 132 Å². The Labute approximate surface area is 498 Å². The molecule has 90 heavy (non-hydrogen) atoms. The molecule has 0 aliphatic carbocycles. The highest BCUT2D eigenvalue weighted by Gasteiger charge is 2.49. The van der Waals surface area contributed by atoms with Gasteiger partial charge < -0.3 is 5.32 Å². The molecule has 7 rings (SSSR count). The van der Waals surface area contributed by atoms with E-state index in [2.05, 4.69) is 17.2 Å². The van der Waals surface area contributed by atoms with Crippen LogP contribution < -0.4 is 31.9 Å². The summed E-state index contributed by atoms with van der Waals surface area (Å²) in [6.07, 6.45) is 22.8. The van der Waals surface area contributed by atoms with Gasteiger partial charge in [-0.2, -0.15) is 0 Å². The first-order chi connectivity index (χ1) is 42.3. The van der Waals surface area contributed by atoms with E-state index in [-0.39, 0.29) is 0 Å². The smallest absolute Gasteiger partial charge is 0.372 e. The number of aliphatic imine (C=N–C) groups is 1. The largest absolute Gasteiger partial charge is 0.413 e. The monoisotopic (exact) mass is 1360 g/mol. The van der Waals surface area contributed by atoms with Crippen molar-refractivity contribution in [1.82, 2.24) is 5.32 Å². The van der Waals surface area contributed by atoms with Crippen molar-refractivity contribution in [3.63, 3.8) is 0 Å². The van der Waals surface area contributed by atoms with Crippen LogP contribution in [0.2, 0.25) is 0 Å². The Morgan fingerprint density at radius 1 is 0.233 bits per heavy atom. The topological polar surface area (TPSA) is 24.4 Å². The molecule has 0 unspecified atom stereocenters. The van der Waals surface area contributed by atoms with Crippen LogP contribution in [0.1, 0.15) is 110 Å². The van der Waals surface area contributed by atoms with Crippen molar-refractivity contribution in [1.29, 1.82) is 0 Å². The van der Waals surface area contributed by atoms with Crippen LogP contribution in [-0.4, -0.2) is 47.2 Å². The van der Waals surface area contributed by atoms with Crippen LogP contribution in [0.3, 0.4) is 0 Å². The third kappa shape index (κ3) is 15.5. The molecule has 0 amide bonds. The fourth-order valence-corrected chi connectivity index (χ4v) is 15.7. The second-order valence-electron chi connectivity index (χ2n) is 19.7. The van der Waals surface area contributed by atoms with Crippen LogP contribution >= 0.6 is 0 Å². The first-order valence-electron chi connectivity index (χ1n) is 26.6. The van der Waals surface area contributed by atoms with E-state index in [0.29, 0.717) is 0 Å². The summed E-state index contributed by atoms with van der Waals surface area (Å²) in [5.41, 5.74) is 0. The van der Waals surface area contributed by atoms with Crippen LogP contribution in [0.5, 0.6) is 0 Å². The van der Waals surface area contributed by atoms with E-state index in [1.54, 1.807) is 0 Å². The van der Waals surface area contributed by atoms with Crippen LogP contribution in [0.15, 0.2) is 4.99 Å². The molecule has 6 aromatic rings. The van der Waals surface area contributed by atoms with E-state index in [1.807, 2.05) is 0 Å². The Morgan fingerprint density at radius 3 is 0.544 bits per heavy atom. The van der Waals surface area contributed by atoms with Gasteiger partial charge >= 0.3 is 28.3 Å². The average molecular weight is 1360 g/mol. The molecule has 0 radical (unpaired) electrons. The molecule has 1 aliphatic heterocycles. The summed E-state index contributed by atoms with van der Waals surface area (Å²) in [5, 5.41) is 3.36. The number of hydrogen-bond acceptors (Lipinski definition) is 2. The Kier molecular flexibility index (Phi) is 26.8. The van der Waals surface area contributed by atoms with Crippen molar-refractivity contribution in [3.8, 4) is 0 Å². The lowest BCUT2D eigenvalue weighted by Gasteiger charge is -2.20. The van der Waals surface area contributed by atoms with Crippen molar-refractivity contribution in [2.45, 2.75) is 110 Å². The predicted octanol–water partition coefficient (Wildman–Crippen LogP) is 14.8.